The second-order valence-corrected chi connectivity index (χ2v) is 4.53. The van der Waals surface area contributed by atoms with Gasteiger partial charge in [0.15, 0.2) is 0 Å². The van der Waals surface area contributed by atoms with Crippen molar-refractivity contribution in [1.82, 2.24) is 0 Å². The molecule has 2 nitrogen and oxygen atoms in total. The lowest BCUT2D eigenvalue weighted by atomic mass is 10.0. The van der Waals surface area contributed by atoms with Crippen molar-refractivity contribution in [2.24, 2.45) is 0 Å². The smallest absolute Gasteiger partial charge is 0.224 e. The molecule has 3 rings (SSSR count). The van der Waals surface area contributed by atoms with Crippen LogP contribution in [0.2, 0.25) is 0 Å². The molecule has 0 aromatic heterocycles. The number of nitrogens with zero attached hydrogens (tertiary/aromatic N) is 1. The molecule has 0 unspecified atom stereocenters. The van der Waals surface area contributed by atoms with Gasteiger partial charge in [-0.1, -0.05) is 42.2 Å². The third-order valence-corrected chi connectivity index (χ3v) is 3.25. The van der Waals surface area contributed by atoms with Crippen molar-refractivity contribution >= 4 is 11.6 Å². The van der Waals surface area contributed by atoms with Crippen LogP contribution in [0.25, 0.3) is 0 Å². The van der Waals surface area contributed by atoms with Crippen LogP contribution in [0.15, 0.2) is 48.5 Å². The van der Waals surface area contributed by atoms with E-state index in [0.29, 0.717) is 6.54 Å². The Balaban J connectivity index is 2.23. The van der Waals surface area contributed by atoms with Crippen LogP contribution in [0, 0.1) is 11.8 Å². The zero-order valence-electron chi connectivity index (χ0n) is 10.7. The van der Waals surface area contributed by atoms with Gasteiger partial charge in [-0.2, -0.15) is 0 Å². The number of rotatable bonds is 0. The fourth-order valence-corrected chi connectivity index (χ4v) is 2.27. The normalized spacial score (nSPS) is 12.4. The number of hydrogen-bond donors (Lipinski definition) is 0. The molecule has 92 valence electrons. The third-order valence-electron chi connectivity index (χ3n) is 3.25. The Morgan fingerprint density at radius 2 is 1.63 bits per heavy atom. The number of carbonyl (C=O) groups excluding carboxylic acids is 1. The highest BCUT2D eigenvalue weighted by atomic mass is 16.2. The Bertz CT molecular complexity index is 706. The zero-order chi connectivity index (χ0) is 13.2. The predicted octanol–water partition coefficient (Wildman–Crippen LogP) is 2.95. The van der Waals surface area contributed by atoms with E-state index in [-0.39, 0.29) is 5.91 Å². The molecular formula is C17H13NO. The third kappa shape index (κ3) is 2.11. The molecular weight excluding hydrogens is 234 g/mol. The van der Waals surface area contributed by atoms with Gasteiger partial charge in [-0.15, -0.1) is 0 Å². The van der Waals surface area contributed by atoms with E-state index in [0.717, 1.165) is 22.4 Å². The van der Waals surface area contributed by atoms with E-state index >= 15 is 0 Å². The van der Waals surface area contributed by atoms with Crippen molar-refractivity contribution < 1.29 is 4.79 Å². The fourth-order valence-electron chi connectivity index (χ4n) is 2.27. The number of benzene rings is 2. The number of para-hydroxylation sites is 1. The summed E-state index contributed by atoms with van der Waals surface area (Å²) in [5.74, 6) is 6.39. The van der Waals surface area contributed by atoms with Gasteiger partial charge in [0.25, 0.3) is 0 Å². The molecule has 2 heteroatoms. The molecule has 2 aromatic rings. The number of carbonyl (C=O) groups is 1. The van der Waals surface area contributed by atoms with Crippen molar-refractivity contribution in [1.29, 1.82) is 0 Å². The van der Waals surface area contributed by atoms with Gasteiger partial charge in [-0.25, -0.2) is 0 Å². The summed E-state index contributed by atoms with van der Waals surface area (Å²) in [4.78, 5) is 13.7. The first-order chi connectivity index (χ1) is 9.25. The van der Waals surface area contributed by atoms with Crippen LogP contribution in [0.5, 0.6) is 0 Å². The largest absolute Gasteiger partial charge is 0.307 e. The molecule has 0 saturated heterocycles. The maximum atomic E-state index is 11.9. The van der Waals surface area contributed by atoms with E-state index in [9.17, 15) is 4.79 Å². The first kappa shape index (κ1) is 11.6. The number of fused-ring (bicyclic) bond motifs is 2. The van der Waals surface area contributed by atoms with Crippen molar-refractivity contribution in [2.75, 3.05) is 4.90 Å². The molecule has 2 aromatic carbocycles. The lowest BCUT2D eigenvalue weighted by Gasteiger charge is -2.24. The van der Waals surface area contributed by atoms with Crippen molar-refractivity contribution in [2.45, 2.75) is 13.5 Å². The maximum absolute atomic E-state index is 11.9. The zero-order valence-corrected chi connectivity index (χ0v) is 10.7. The summed E-state index contributed by atoms with van der Waals surface area (Å²) in [7, 11) is 0. The Morgan fingerprint density at radius 3 is 2.42 bits per heavy atom. The van der Waals surface area contributed by atoms with Gasteiger partial charge in [-0.3, -0.25) is 4.79 Å². The summed E-state index contributed by atoms with van der Waals surface area (Å²) < 4.78 is 0. The monoisotopic (exact) mass is 247 g/mol. The number of hydrogen-bond acceptors (Lipinski definition) is 1. The Morgan fingerprint density at radius 1 is 1.00 bits per heavy atom. The maximum Gasteiger partial charge on any atom is 0.224 e. The van der Waals surface area contributed by atoms with Gasteiger partial charge in [0.2, 0.25) is 5.91 Å². The quantitative estimate of drug-likeness (QED) is 0.655. The highest BCUT2D eigenvalue weighted by molar-refractivity contribution is 5.93. The lowest BCUT2D eigenvalue weighted by Crippen LogP contribution is -2.29. The van der Waals surface area contributed by atoms with E-state index in [1.807, 2.05) is 48.5 Å². The van der Waals surface area contributed by atoms with E-state index < -0.39 is 0 Å². The molecule has 1 aliphatic heterocycles. The van der Waals surface area contributed by atoms with E-state index in [4.69, 9.17) is 0 Å². The molecule has 0 aliphatic carbocycles. The van der Waals surface area contributed by atoms with Crippen LogP contribution >= 0.6 is 0 Å². The van der Waals surface area contributed by atoms with Crippen LogP contribution in [0.1, 0.15) is 23.6 Å². The molecule has 1 amide bonds. The van der Waals surface area contributed by atoms with E-state index in [2.05, 4.69) is 11.8 Å². The van der Waals surface area contributed by atoms with Crippen LogP contribution in [0.4, 0.5) is 5.69 Å². The summed E-state index contributed by atoms with van der Waals surface area (Å²) in [6.45, 7) is 2.16. The van der Waals surface area contributed by atoms with E-state index in [1.165, 1.54) is 0 Å². The Kier molecular flexibility index (Phi) is 2.81. The van der Waals surface area contributed by atoms with E-state index in [1.54, 1.807) is 11.8 Å². The molecule has 0 spiro atoms. The SMILES string of the molecule is CC(=O)N1Cc2ccccc2C#Cc2ccccc21. The number of amides is 1. The number of anilines is 1. The van der Waals surface area contributed by atoms with Crippen molar-refractivity contribution in [3.63, 3.8) is 0 Å². The Hall–Kier alpha value is -2.53. The van der Waals surface area contributed by atoms with Gasteiger partial charge in [0, 0.05) is 18.1 Å². The first-order valence-electron chi connectivity index (χ1n) is 6.23. The summed E-state index contributed by atoms with van der Waals surface area (Å²) in [6.07, 6.45) is 0. The van der Waals surface area contributed by atoms with Gasteiger partial charge in [-0.05, 0) is 23.8 Å². The van der Waals surface area contributed by atoms with Crippen LogP contribution in [0.3, 0.4) is 0 Å². The van der Waals surface area contributed by atoms with Crippen LogP contribution in [-0.4, -0.2) is 5.91 Å². The molecule has 19 heavy (non-hydrogen) atoms. The summed E-state index contributed by atoms with van der Waals surface area (Å²) in [5.41, 5.74) is 3.85. The fraction of sp³-hybridized carbons (Fsp3) is 0.118. The predicted molar refractivity (Wildman–Crippen MR) is 75.7 cm³/mol. The van der Waals surface area contributed by atoms with Gasteiger partial charge in [0.05, 0.1) is 12.2 Å². The highest BCUT2D eigenvalue weighted by Gasteiger charge is 2.17. The molecule has 1 heterocycles. The average molecular weight is 247 g/mol. The lowest BCUT2D eigenvalue weighted by molar-refractivity contribution is -0.116. The van der Waals surface area contributed by atoms with Crippen LogP contribution < -0.4 is 4.90 Å². The summed E-state index contributed by atoms with van der Waals surface area (Å²) >= 11 is 0. The first-order valence-corrected chi connectivity index (χ1v) is 6.23. The molecule has 0 fully saturated rings. The molecule has 0 saturated carbocycles. The minimum atomic E-state index is 0.0333. The molecule has 1 aliphatic rings. The highest BCUT2D eigenvalue weighted by Crippen LogP contribution is 2.25. The van der Waals surface area contributed by atoms with Gasteiger partial charge in [0.1, 0.15) is 0 Å². The standard InChI is InChI=1S/C17H13NO/c1-13(19)18-12-16-8-3-2-6-14(16)10-11-15-7-4-5-9-17(15)18/h2-9H,12H2,1H3. The van der Waals surface area contributed by atoms with Crippen LogP contribution in [-0.2, 0) is 11.3 Å². The summed E-state index contributed by atoms with van der Waals surface area (Å²) in [5, 5.41) is 0. The Labute approximate surface area is 112 Å². The minimum absolute atomic E-state index is 0.0333. The molecule has 0 radical (unpaired) electrons. The summed E-state index contributed by atoms with van der Waals surface area (Å²) in [6, 6.07) is 15.7. The van der Waals surface area contributed by atoms with Crippen molar-refractivity contribution in [3.8, 4) is 11.8 Å². The van der Waals surface area contributed by atoms with Crippen molar-refractivity contribution in [3.05, 3.63) is 65.2 Å². The minimum Gasteiger partial charge on any atom is -0.307 e. The second kappa shape index (κ2) is 4.62. The molecule has 0 N–H and O–H groups in total. The average Bonchev–Trinajstić information content (AvgIpc) is 2.41. The molecule has 0 bridgehead atoms. The van der Waals surface area contributed by atoms with Gasteiger partial charge < -0.3 is 4.90 Å². The topological polar surface area (TPSA) is 20.3 Å². The van der Waals surface area contributed by atoms with Gasteiger partial charge >= 0.3 is 0 Å². The molecule has 0 atom stereocenters. The second-order valence-electron chi connectivity index (χ2n) is 4.53.